The summed E-state index contributed by atoms with van der Waals surface area (Å²) in [4.78, 5) is 0. The van der Waals surface area contributed by atoms with E-state index in [2.05, 4.69) is 6.07 Å². The van der Waals surface area contributed by atoms with Crippen molar-refractivity contribution in [2.24, 2.45) is 0 Å². The van der Waals surface area contributed by atoms with Gasteiger partial charge in [0.15, 0.2) is 0 Å². The van der Waals surface area contributed by atoms with Crippen LogP contribution in [-0.2, 0) is 6.42 Å². The van der Waals surface area contributed by atoms with Crippen molar-refractivity contribution in [2.75, 3.05) is 0 Å². The summed E-state index contributed by atoms with van der Waals surface area (Å²) in [5.41, 5.74) is 0.452. The molecule has 66 valence electrons. The molecule has 0 saturated heterocycles. The van der Waals surface area contributed by atoms with Crippen molar-refractivity contribution in [3.63, 3.8) is 0 Å². The molecule has 1 aromatic rings. The molecule has 0 aliphatic carbocycles. The maximum atomic E-state index is 12.9. The van der Waals surface area contributed by atoms with Gasteiger partial charge in [-0.1, -0.05) is 19.8 Å². The maximum absolute atomic E-state index is 12.9. The Bertz CT molecular complexity index is 261. The van der Waals surface area contributed by atoms with Gasteiger partial charge < -0.3 is 0 Å². The average molecular weight is 176 g/mol. The predicted molar refractivity (Wildman–Crippen MR) is 43.8 cm³/mol. The van der Waals surface area contributed by atoms with E-state index in [-0.39, 0.29) is 18.9 Å². The van der Waals surface area contributed by atoms with E-state index >= 15 is 0 Å². The molecule has 0 aromatic heterocycles. The normalized spacial score (nSPS) is 9.46. The molecule has 0 unspecified atom stereocenters. The third kappa shape index (κ3) is 3.50. The Kier molecular flexibility index (Phi) is 6.03. The molecular weight excluding hydrogens is 165 g/mol. The van der Waals surface area contributed by atoms with Crippen molar-refractivity contribution in [1.82, 2.24) is 0 Å². The summed E-state index contributed by atoms with van der Waals surface area (Å²) in [7, 11) is 0. The number of benzene rings is 1. The summed E-state index contributed by atoms with van der Waals surface area (Å²) < 4.78 is 25.5. The summed E-state index contributed by atoms with van der Waals surface area (Å²) in [5.74, 6) is -1.62. The first-order valence-electron chi connectivity index (χ1n) is 4.10. The van der Waals surface area contributed by atoms with Crippen LogP contribution < -0.4 is 18.9 Å². The zero-order valence-electron chi connectivity index (χ0n) is 8.03. The Hall–Kier alpha value is -0.323. The largest absolute Gasteiger partial charge is 1.00 e. The quantitative estimate of drug-likeness (QED) is 0.453. The van der Waals surface area contributed by atoms with Crippen LogP contribution in [0.2, 0.25) is 0 Å². The Labute approximate surface area is 89.5 Å². The minimum Gasteiger partial charge on any atom is -0.281 e. The fraction of sp³-hybridized carbons (Fsp3) is 0.400. The molecule has 13 heavy (non-hydrogen) atoms. The van der Waals surface area contributed by atoms with Gasteiger partial charge in [-0.2, -0.15) is 12.1 Å². The van der Waals surface area contributed by atoms with Crippen LogP contribution in [0.5, 0.6) is 0 Å². The third-order valence-electron chi connectivity index (χ3n) is 1.77. The molecule has 0 bridgehead atoms. The molecule has 0 amide bonds. The number of hydrogen-bond donors (Lipinski definition) is 0. The van der Waals surface area contributed by atoms with Crippen molar-refractivity contribution < 1.29 is 27.6 Å². The topological polar surface area (TPSA) is 0 Å². The molecule has 0 heterocycles. The number of unbranched alkanes of at least 4 members (excludes halogenated alkanes) is 1. The van der Waals surface area contributed by atoms with Crippen molar-refractivity contribution in [2.45, 2.75) is 26.2 Å². The molecular formula is C10H11F2Li. The van der Waals surface area contributed by atoms with E-state index < -0.39 is 11.6 Å². The van der Waals surface area contributed by atoms with Crippen molar-refractivity contribution in [3.05, 3.63) is 35.4 Å². The van der Waals surface area contributed by atoms with Crippen LogP contribution >= 0.6 is 0 Å². The summed E-state index contributed by atoms with van der Waals surface area (Å²) in [5, 5.41) is 0. The molecule has 0 nitrogen and oxygen atoms in total. The first kappa shape index (κ1) is 12.7. The SMILES string of the molecule is CCCCc1cc[c-]c(F)c1F.[Li+]. The Morgan fingerprint density at radius 2 is 2.08 bits per heavy atom. The fourth-order valence-electron chi connectivity index (χ4n) is 1.05. The summed E-state index contributed by atoms with van der Waals surface area (Å²) in [6, 6.07) is 5.17. The van der Waals surface area contributed by atoms with Crippen LogP contribution in [0.4, 0.5) is 8.78 Å². The van der Waals surface area contributed by atoms with Gasteiger partial charge in [-0.3, -0.25) is 4.39 Å². The fourth-order valence-corrected chi connectivity index (χ4v) is 1.05. The third-order valence-corrected chi connectivity index (χ3v) is 1.77. The number of halogens is 2. The van der Waals surface area contributed by atoms with E-state index in [4.69, 9.17) is 0 Å². The van der Waals surface area contributed by atoms with Crippen molar-refractivity contribution in [1.29, 1.82) is 0 Å². The zero-order valence-corrected chi connectivity index (χ0v) is 8.03. The Morgan fingerprint density at radius 1 is 1.38 bits per heavy atom. The molecule has 0 fully saturated rings. The van der Waals surface area contributed by atoms with Crippen LogP contribution in [0.1, 0.15) is 25.3 Å². The van der Waals surface area contributed by atoms with E-state index in [0.29, 0.717) is 12.0 Å². The molecule has 0 spiro atoms. The van der Waals surface area contributed by atoms with Crippen LogP contribution in [0.3, 0.4) is 0 Å². The molecule has 3 heteroatoms. The average Bonchev–Trinajstić information content (AvgIpc) is 2.08. The second kappa shape index (κ2) is 6.18. The van der Waals surface area contributed by atoms with Gasteiger partial charge in [0.25, 0.3) is 0 Å². The van der Waals surface area contributed by atoms with Gasteiger partial charge in [0, 0.05) is 11.6 Å². The monoisotopic (exact) mass is 176 g/mol. The van der Waals surface area contributed by atoms with Gasteiger partial charge >= 0.3 is 18.9 Å². The van der Waals surface area contributed by atoms with E-state index in [9.17, 15) is 8.78 Å². The van der Waals surface area contributed by atoms with Gasteiger partial charge in [-0.25, -0.2) is 4.39 Å². The Balaban J connectivity index is 0.00000144. The second-order valence-corrected chi connectivity index (χ2v) is 2.73. The maximum Gasteiger partial charge on any atom is 1.00 e. The predicted octanol–water partition coefficient (Wildman–Crippen LogP) is 0.112. The van der Waals surface area contributed by atoms with E-state index in [0.717, 1.165) is 12.8 Å². The summed E-state index contributed by atoms with van der Waals surface area (Å²) in [6.45, 7) is 2.02. The van der Waals surface area contributed by atoms with Crippen LogP contribution in [-0.4, -0.2) is 0 Å². The molecule has 0 saturated carbocycles. The molecule has 1 aromatic carbocycles. The molecule has 0 aliphatic rings. The first-order valence-corrected chi connectivity index (χ1v) is 4.10. The summed E-state index contributed by atoms with van der Waals surface area (Å²) >= 11 is 0. The zero-order chi connectivity index (χ0) is 8.97. The van der Waals surface area contributed by atoms with Gasteiger partial charge in [-0.15, -0.1) is 11.6 Å². The van der Waals surface area contributed by atoms with Crippen molar-refractivity contribution in [3.8, 4) is 0 Å². The number of rotatable bonds is 3. The summed E-state index contributed by atoms with van der Waals surface area (Å²) in [6.07, 6.45) is 2.48. The Morgan fingerprint density at radius 3 is 2.69 bits per heavy atom. The smallest absolute Gasteiger partial charge is 0.281 e. The van der Waals surface area contributed by atoms with Crippen LogP contribution in [0.25, 0.3) is 0 Å². The van der Waals surface area contributed by atoms with E-state index in [1.807, 2.05) is 6.92 Å². The van der Waals surface area contributed by atoms with E-state index in [1.165, 1.54) is 6.07 Å². The first-order chi connectivity index (χ1) is 5.75. The molecule has 0 aliphatic heterocycles. The van der Waals surface area contributed by atoms with Crippen LogP contribution in [0.15, 0.2) is 12.1 Å². The standard InChI is InChI=1S/C10H11F2.Li/c1-2-3-5-8-6-4-7-9(11)10(8)12;/h4,6H,2-3,5H2,1H3;/q-1;+1. The van der Waals surface area contributed by atoms with Gasteiger partial charge in [-0.05, 0) is 6.42 Å². The molecule has 0 N–H and O–H groups in total. The molecule has 0 atom stereocenters. The minimum atomic E-state index is -0.872. The molecule has 1 rings (SSSR count). The van der Waals surface area contributed by atoms with Gasteiger partial charge in [0.05, 0.1) is 0 Å². The minimum absolute atomic E-state index is 0. The van der Waals surface area contributed by atoms with Gasteiger partial charge in [0.1, 0.15) is 0 Å². The number of hydrogen-bond acceptors (Lipinski definition) is 0. The van der Waals surface area contributed by atoms with Crippen LogP contribution in [0, 0.1) is 17.7 Å². The molecule has 0 radical (unpaired) electrons. The number of aryl methyl sites for hydroxylation is 1. The van der Waals surface area contributed by atoms with Crippen molar-refractivity contribution >= 4 is 0 Å². The van der Waals surface area contributed by atoms with E-state index in [1.54, 1.807) is 6.07 Å². The van der Waals surface area contributed by atoms with Gasteiger partial charge in [0.2, 0.25) is 0 Å². The second-order valence-electron chi connectivity index (χ2n) is 2.73.